The number of hydrogen-bond acceptors (Lipinski definition) is 3. The summed E-state index contributed by atoms with van der Waals surface area (Å²) in [4.78, 5) is 13.7. The molecule has 1 aromatic rings. The first kappa shape index (κ1) is 14.5. The van der Waals surface area contributed by atoms with E-state index < -0.39 is 6.10 Å². The molecule has 0 saturated carbocycles. The van der Waals surface area contributed by atoms with Gasteiger partial charge in [-0.3, -0.25) is 4.79 Å². The van der Waals surface area contributed by atoms with Crippen LogP contribution in [0.15, 0.2) is 30.3 Å². The number of carbonyl (C=O) groups excluding carboxylic acids is 1. The molecule has 0 heterocycles. The molecule has 0 radical (unpaired) electrons. The quantitative estimate of drug-likeness (QED) is 0.837. The van der Waals surface area contributed by atoms with E-state index in [1.807, 2.05) is 37.3 Å². The number of carbonyl (C=O) groups is 1. The molecule has 0 aliphatic heterocycles. The van der Waals surface area contributed by atoms with E-state index in [0.29, 0.717) is 12.2 Å². The Hall–Kier alpha value is -1.55. The zero-order chi connectivity index (χ0) is 13.5. The van der Waals surface area contributed by atoms with Gasteiger partial charge in [-0.15, -0.1) is 0 Å². The number of likely N-dealkylation sites (N-methyl/N-ethyl adjacent to an activating group) is 1. The van der Waals surface area contributed by atoms with Crippen molar-refractivity contribution in [3.05, 3.63) is 30.3 Å². The average molecular weight is 251 g/mol. The number of hydrogen-bond donors (Lipinski definition) is 1. The van der Waals surface area contributed by atoms with E-state index in [1.165, 1.54) is 4.90 Å². The van der Waals surface area contributed by atoms with Gasteiger partial charge in [0.15, 0.2) is 6.10 Å². The van der Waals surface area contributed by atoms with Crippen LogP contribution in [-0.4, -0.2) is 41.7 Å². The molecule has 1 aromatic carbocycles. The number of para-hydroxylation sites is 1. The summed E-state index contributed by atoms with van der Waals surface area (Å²) in [5, 5.41) is 9.06. The van der Waals surface area contributed by atoms with Crippen LogP contribution in [0.3, 0.4) is 0 Å². The normalized spacial score (nSPS) is 13.8. The van der Waals surface area contributed by atoms with Crippen LogP contribution in [0.5, 0.6) is 5.75 Å². The lowest BCUT2D eigenvalue weighted by Gasteiger charge is -2.27. The van der Waals surface area contributed by atoms with Crippen LogP contribution in [0.4, 0.5) is 0 Å². The van der Waals surface area contributed by atoms with Gasteiger partial charge in [-0.1, -0.05) is 25.1 Å². The van der Waals surface area contributed by atoms with E-state index in [0.717, 1.165) is 0 Å². The summed E-state index contributed by atoms with van der Waals surface area (Å²) in [7, 11) is 1.68. The van der Waals surface area contributed by atoms with Crippen molar-refractivity contribution < 1.29 is 14.6 Å². The maximum Gasteiger partial charge on any atom is 0.263 e. The fourth-order valence-corrected chi connectivity index (χ4v) is 1.54. The predicted molar refractivity (Wildman–Crippen MR) is 70.5 cm³/mol. The molecule has 0 aromatic heterocycles. The lowest BCUT2D eigenvalue weighted by molar-refractivity contribution is -0.140. The third-order valence-electron chi connectivity index (χ3n) is 2.94. The van der Waals surface area contributed by atoms with Crippen LogP contribution >= 0.6 is 0 Å². The third-order valence-corrected chi connectivity index (χ3v) is 2.94. The Morgan fingerprint density at radius 2 is 2.00 bits per heavy atom. The van der Waals surface area contributed by atoms with E-state index in [-0.39, 0.29) is 18.6 Å². The van der Waals surface area contributed by atoms with Crippen molar-refractivity contribution in [1.82, 2.24) is 4.90 Å². The van der Waals surface area contributed by atoms with Crippen molar-refractivity contribution in [2.24, 2.45) is 0 Å². The second-order valence-electron chi connectivity index (χ2n) is 4.31. The molecule has 1 N–H and O–H groups in total. The van der Waals surface area contributed by atoms with Crippen LogP contribution in [-0.2, 0) is 4.79 Å². The number of aliphatic hydroxyl groups excluding tert-OH is 1. The highest BCUT2D eigenvalue weighted by molar-refractivity contribution is 5.81. The van der Waals surface area contributed by atoms with Crippen LogP contribution in [0.2, 0.25) is 0 Å². The van der Waals surface area contributed by atoms with Crippen LogP contribution < -0.4 is 4.74 Å². The number of amides is 1. The Labute approximate surface area is 108 Å². The topological polar surface area (TPSA) is 49.8 Å². The molecule has 0 aliphatic carbocycles. The van der Waals surface area contributed by atoms with Crippen LogP contribution in [0, 0.1) is 0 Å². The number of nitrogens with zero attached hydrogens (tertiary/aromatic N) is 1. The van der Waals surface area contributed by atoms with Crippen LogP contribution in [0.25, 0.3) is 0 Å². The fourth-order valence-electron chi connectivity index (χ4n) is 1.54. The van der Waals surface area contributed by atoms with Crippen molar-refractivity contribution in [3.63, 3.8) is 0 Å². The highest BCUT2D eigenvalue weighted by Gasteiger charge is 2.24. The fraction of sp³-hybridized carbons (Fsp3) is 0.500. The van der Waals surface area contributed by atoms with Gasteiger partial charge in [-0.05, 0) is 25.5 Å². The molecule has 0 spiro atoms. The molecule has 0 bridgehead atoms. The minimum absolute atomic E-state index is 0.0516. The number of benzene rings is 1. The molecule has 18 heavy (non-hydrogen) atoms. The predicted octanol–water partition coefficient (Wildman–Crippen LogP) is 1.68. The summed E-state index contributed by atoms with van der Waals surface area (Å²) < 4.78 is 5.67. The first-order valence-electron chi connectivity index (χ1n) is 6.19. The zero-order valence-electron chi connectivity index (χ0n) is 11.2. The van der Waals surface area contributed by atoms with Gasteiger partial charge in [0.2, 0.25) is 0 Å². The minimum atomic E-state index is -0.508. The molecule has 1 amide bonds. The molecule has 2 atom stereocenters. The van der Waals surface area contributed by atoms with Crippen LogP contribution in [0.1, 0.15) is 20.3 Å². The van der Waals surface area contributed by atoms with Gasteiger partial charge < -0.3 is 14.7 Å². The molecule has 2 unspecified atom stereocenters. The maximum atomic E-state index is 12.2. The van der Waals surface area contributed by atoms with E-state index in [4.69, 9.17) is 9.84 Å². The standard InChI is InChI=1S/C14H21NO3/c1-4-13(14(17)15(3)11(2)10-16)18-12-8-6-5-7-9-12/h5-9,11,13,16H,4,10H2,1-3H3. The molecule has 4 heteroatoms. The number of ether oxygens (including phenoxy) is 1. The van der Waals surface area contributed by atoms with Gasteiger partial charge >= 0.3 is 0 Å². The zero-order valence-corrected chi connectivity index (χ0v) is 11.2. The SMILES string of the molecule is CCC(Oc1ccccc1)C(=O)N(C)C(C)CO. The third kappa shape index (κ3) is 3.74. The summed E-state index contributed by atoms with van der Waals surface area (Å²) in [5.74, 6) is 0.575. The molecular formula is C14H21NO3. The van der Waals surface area contributed by atoms with Crippen molar-refractivity contribution in [1.29, 1.82) is 0 Å². The van der Waals surface area contributed by atoms with Crippen molar-refractivity contribution in [2.45, 2.75) is 32.4 Å². The van der Waals surface area contributed by atoms with Gasteiger partial charge in [0.25, 0.3) is 5.91 Å². The first-order valence-corrected chi connectivity index (χ1v) is 6.19. The smallest absolute Gasteiger partial charge is 0.263 e. The summed E-state index contributed by atoms with van der Waals surface area (Å²) in [6, 6.07) is 9.08. The van der Waals surface area contributed by atoms with E-state index in [1.54, 1.807) is 14.0 Å². The molecule has 0 fully saturated rings. The lowest BCUT2D eigenvalue weighted by Crippen LogP contribution is -2.45. The molecule has 0 aliphatic rings. The molecule has 4 nitrogen and oxygen atoms in total. The van der Waals surface area contributed by atoms with Gasteiger partial charge in [0.05, 0.1) is 12.6 Å². The molecule has 100 valence electrons. The van der Waals surface area contributed by atoms with E-state index in [9.17, 15) is 4.79 Å². The summed E-state index contributed by atoms with van der Waals surface area (Å²) in [6.45, 7) is 3.65. The molecule has 1 rings (SSSR count). The highest BCUT2D eigenvalue weighted by Crippen LogP contribution is 2.14. The van der Waals surface area contributed by atoms with Gasteiger partial charge in [-0.2, -0.15) is 0 Å². The molecular weight excluding hydrogens is 230 g/mol. The second-order valence-corrected chi connectivity index (χ2v) is 4.31. The summed E-state index contributed by atoms with van der Waals surface area (Å²) in [5.41, 5.74) is 0. The maximum absolute atomic E-state index is 12.2. The Kier molecular flexibility index (Phi) is 5.65. The first-order chi connectivity index (χ1) is 8.60. The largest absolute Gasteiger partial charge is 0.481 e. The van der Waals surface area contributed by atoms with Crippen molar-refractivity contribution in [2.75, 3.05) is 13.7 Å². The number of aliphatic hydroxyl groups is 1. The Morgan fingerprint density at radius 1 is 1.39 bits per heavy atom. The van der Waals surface area contributed by atoms with Gasteiger partial charge in [0.1, 0.15) is 5.75 Å². The Balaban J connectivity index is 2.69. The Bertz CT molecular complexity index is 367. The van der Waals surface area contributed by atoms with Crippen molar-refractivity contribution in [3.8, 4) is 5.75 Å². The van der Waals surface area contributed by atoms with Crippen molar-refractivity contribution >= 4 is 5.91 Å². The summed E-state index contributed by atoms with van der Waals surface area (Å²) >= 11 is 0. The minimum Gasteiger partial charge on any atom is -0.481 e. The highest BCUT2D eigenvalue weighted by atomic mass is 16.5. The second kappa shape index (κ2) is 7.01. The van der Waals surface area contributed by atoms with Gasteiger partial charge in [-0.25, -0.2) is 0 Å². The van der Waals surface area contributed by atoms with E-state index >= 15 is 0 Å². The number of rotatable bonds is 6. The molecule has 0 saturated heterocycles. The lowest BCUT2D eigenvalue weighted by atomic mass is 10.2. The monoisotopic (exact) mass is 251 g/mol. The average Bonchev–Trinajstić information content (AvgIpc) is 2.43. The van der Waals surface area contributed by atoms with Gasteiger partial charge in [0, 0.05) is 7.05 Å². The summed E-state index contributed by atoms with van der Waals surface area (Å²) in [6.07, 6.45) is 0.0855. The Morgan fingerprint density at radius 3 is 2.50 bits per heavy atom. The van der Waals surface area contributed by atoms with E-state index in [2.05, 4.69) is 0 Å².